The van der Waals surface area contributed by atoms with Crippen LogP contribution in [0.25, 0.3) is 0 Å². The van der Waals surface area contributed by atoms with Crippen molar-refractivity contribution >= 4 is 24.0 Å². The first kappa shape index (κ1) is 14.3. The fourth-order valence-electron chi connectivity index (χ4n) is 2.15. The second-order valence-electron chi connectivity index (χ2n) is 4.06. The molecule has 0 radical (unpaired) electrons. The van der Waals surface area contributed by atoms with E-state index in [0.29, 0.717) is 18.2 Å². The molecule has 1 fully saturated rings. The highest BCUT2D eigenvalue weighted by Crippen LogP contribution is 2.38. The van der Waals surface area contributed by atoms with Crippen LogP contribution in [-0.2, 0) is 15.3 Å². The van der Waals surface area contributed by atoms with Gasteiger partial charge in [-0.3, -0.25) is 4.98 Å². The van der Waals surface area contributed by atoms with E-state index in [2.05, 4.69) is 4.98 Å². The van der Waals surface area contributed by atoms with Gasteiger partial charge in [0.15, 0.2) is 0 Å². The number of aromatic nitrogens is 1. The average molecular weight is 298 g/mol. The number of nitrogens with zero attached hydrogens (tertiary/aromatic N) is 1. The van der Waals surface area contributed by atoms with Crippen LogP contribution in [0.3, 0.4) is 0 Å². The standard InChI is InChI=1S/C14H12ClNO2.ClH/c15-13-3-1-11(2-4-13)14(17-9-10-18-14)12-5-7-16-8-6-12;/h1-8H,9-10H2;1H. The van der Waals surface area contributed by atoms with Crippen molar-refractivity contribution in [1.82, 2.24) is 4.98 Å². The van der Waals surface area contributed by atoms with Gasteiger partial charge in [-0.15, -0.1) is 12.4 Å². The minimum atomic E-state index is -0.826. The molecule has 100 valence electrons. The van der Waals surface area contributed by atoms with Crippen LogP contribution < -0.4 is 0 Å². The topological polar surface area (TPSA) is 31.4 Å². The predicted octanol–water partition coefficient (Wildman–Crippen LogP) is 3.40. The van der Waals surface area contributed by atoms with Crippen molar-refractivity contribution in [1.29, 1.82) is 0 Å². The molecule has 0 N–H and O–H groups in total. The minimum absolute atomic E-state index is 0. The van der Waals surface area contributed by atoms with Crippen molar-refractivity contribution in [3.63, 3.8) is 0 Å². The lowest BCUT2D eigenvalue weighted by Crippen LogP contribution is -2.28. The van der Waals surface area contributed by atoms with E-state index >= 15 is 0 Å². The molecule has 0 amide bonds. The van der Waals surface area contributed by atoms with E-state index in [-0.39, 0.29) is 12.4 Å². The molecule has 0 spiro atoms. The zero-order valence-corrected chi connectivity index (χ0v) is 11.7. The van der Waals surface area contributed by atoms with Crippen molar-refractivity contribution in [2.75, 3.05) is 13.2 Å². The summed E-state index contributed by atoms with van der Waals surface area (Å²) in [5.74, 6) is -0.826. The van der Waals surface area contributed by atoms with Crippen LogP contribution in [0.5, 0.6) is 0 Å². The fraction of sp³-hybridized carbons (Fsp3) is 0.214. The maximum atomic E-state index is 5.92. The molecule has 0 bridgehead atoms. The first-order chi connectivity index (χ1) is 8.81. The lowest BCUT2D eigenvalue weighted by atomic mass is 9.98. The molecular formula is C14H13Cl2NO2. The average Bonchev–Trinajstić information content (AvgIpc) is 2.91. The van der Waals surface area contributed by atoms with Crippen LogP contribution in [0.2, 0.25) is 5.02 Å². The van der Waals surface area contributed by atoms with Crippen LogP contribution in [0.4, 0.5) is 0 Å². The van der Waals surface area contributed by atoms with Gasteiger partial charge < -0.3 is 9.47 Å². The molecule has 0 unspecified atom stereocenters. The Morgan fingerprint density at radius 1 is 0.895 bits per heavy atom. The third kappa shape index (κ3) is 2.60. The van der Waals surface area contributed by atoms with Crippen molar-refractivity contribution in [2.45, 2.75) is 5.79 Å². The maximum absolute atomic E-state index is 5.92. The molecule has 1 aliphatic rings. The zero-order valence-electron chi connectivity index (χ0n) is 10.1. The number of pyridine rings is 1. The van der Waals surface area contributed by atoms with Crippen molar-refractivity contribution in [3.05, 3.63) is 64.9 Å². The Labute approximate surface area is 122 Å². The van der Waals surface area contributed by atoms with Gasteiger partial charge in [0.25, 0.3) is 0 Å². The highest BCUT2D eigenvalue weighted by Gasteiger charge is 2.40. The van der Waals surface area contributed by atoms with Gasteiger partial charge in [0.2, 0.25) is 5.79 Å². The number of hydrogen-bond donors (Lipinski definition) is 0. The quantitative estimate of drug-likeness (QED) is 0.851. The molecule has 3 rings (SSSR count). The second kappa shape index (κ2) is 5.88. The highest BCUT2D eigenvalue weighted by molar-refractivity contribution is 6.30. The summed E-state index contributed by atoms with van der Waals surface area (Å²) < 4.78 is 11.7. The van der Waals surface area contributed by atoms with E-state index in [1.54, 1.807) is 12.4 Å². The Kier molecular flexibility index (Phi) is 4.42. The number of halogens is 2. The van der Waals surface area contributed by atoms with Crippen LogP contribution in [0, 0.1) is 0 Å². The van der Waals surface area contributed by atoms with Crippen LogP contribution in [0.1, 0.15) is 11.1 Å². The van der Waals surface area contributed by atoms with Gasteiger partial charge in [-0.25, -0.2) is 0 Å². The van der Waals surface area contributed by atoms with Gasteiger partial charge in [0.1, 0.15) is 0 Å². The molecule has 1 aromatic carbocycles. The van der Waals surface area contributed by atoms with E-state index in [9.17, 15) is 0 Å². The second-order valence-corrected chi connectivity index (χ2v) is 4.49. The molecule has 0 aliphatic carbocycles. The fourth-order valence-corrected chi connectivity index (χ4v) is 2.28. The Morgan fingerprint density at radius 2 is 1.42 bits per heavy atom. The monoisotopic (exact) mass is 297 g/mol. The lowest BCUT2D eigenvalue weighted by Gasteiger charge is -2.28. The molecule has 2 heterocycles. The molecule has 5 heteroatoms. The Morgan fingerprint density at radius 3 is 2.00 bits per heavy atom. The molecule has 19 heavy (non-hydrogen) atoms. The number of hydrogen-bond acceptors (Lipinski definition) is 3. The van der Waals surface area contributed by atoms with Crippen LogP contribution >= 0.6 is 24.0 Å². The summed E-state index contributed by atoms with van der Waals surface area (Å²) in [5, 5.41) is 0.696. The van der Waals surface area contributed by atoms with Gasteiger partial charge in [-0.2, -0.15) is 0 Å². The van der Waals surface area contributed by atoms with Gasteiger partial charge >= 0.3 is 0 Å². The first-order valence-corrected chi connectivity index (χ1v) is 6.13. The van der Waals surface area contributed by atoms with Crippen LogP contribution in [-0.4, -0.2) is 18.2 Å². The Bertz CT molecular complexity index is 525. The molecule has 3 nitrogen and oxygen atoms in total. The van der Waals surface area contributed by atoms with Gasteiger partial charge in [0, 0.05) is 28.5 Å². The van der Waals surface area contributed by atoms with Gasteiger partial charge in [0.05, 0.1) is 13.2 Å². The smallest absolute Gasteiger partial charge is 0.222 e. The largest absolute Gasteiger partial charge is 0.340 e. The first-order valence-electron chi connectivity index (χ1n) is 5.76. The highest BCUT2D eigenvalue weighted by atomic mass is 35.5. The lowest BCUT2D eigenvalue weighted by molar-refractivity contribution is -0.129. The summed E-state index contributed by atoms with van der Waals surface area (Å²) in [5.41, 5.74) is 1.88. The molecule has 0 saturated carbocycles. The summed E-state index contributed by atoms with van der Waals surface area (Å²) in [6, 6.07) is 11.3. The Hall–Kier alpha value is -1.13. The summed E-state index contributed by atoms with van der Waals surface area (Å²) >= 11 is 5.92. The summed E-state index contributed by atoms with van der Waals surface area (Å²) in [6.07, 6.45) is 3.47. The number of rotatable bonds is 2. The minimum Gasteiger partial charge on any atom is -0.340 e. The maximum Gasteiger partial charge on any atom is 0.222 e. The van der Waals surface area contributed by atoms with Crippen molar-refractivity contribution in [3.8, 4) is 0 Å². The summed E-state index contributed by atoms with van der Waals surface area (Å²) in [4.78, 5) is 4.02. The van der Waals surface area contributed by atoms with E-state index in [1.807, 2.05) is 36.4 Å². The van der Waals surface area contributed by atoms with Crippen LogP contribution in [0.15, 0.2) is 48.8 Å². The number of ether oxygens (including phenoxy) is 2. The van der Waals surface area contributed by atoms with Crippen molar-refractivity contribution in [2.24, 2.45) is 0 Å². The summed E-state index contributed by atoms with van der Waals surface area (Å²) in [6.45, 7) is 1.15. The van der Waals surface area contributed by atoms with E-state index in [1.165, 1.54) is 0 Å². The van der Waals surface area contributed by atoms with Crippen molar-refractivity contribution < 1.29 is 9.47 Å². The van der Waals surface area contributed by atoms with E-state index < -0.39 is 5.79 Å². The van der Waals surface area contributed by atoms with E-state index in [0.717, 1.165) is 11.1 Å². The Balaban J connectivity index is 0.00000133. The summed E-state index contributed by atoms with van der Waals surface area (Å²) in [7, 11) is 0. The molecule has 1 saturated heterocycles. The molecule has 1 aromatic heterocycles. The van der Waals surface area contributed by atoms with Gasteiger partial charge in [-0.1, -0.05) is 23.7 Å². The van der Waals surface area contributed by atoms with Gasteiger partial charge in [-0.05, 0) is 24.3 Å². The predicted molar refractivity (Wildman–Crippen MR) is 75.6 cm³/mol. The normalized spacial score (nSPS) is 16.9. The van der Waals surface area contributed by atoms with E-state index in [4.69, 9.17) is 21.1 Å². The SMILES string of the molecule is Cl.Clc1ccc(C2(c3ccncc3)OCCO2)cc1. The molecular weight excluding hydrogens is 285 g/mol. The number of benzene rings is 1. The molecule has 2 aromatic rings. The zero-order chi connectivity index (χ0) is 12.4. The third-order valence-corrected chi connectivity index (χ3v) is 3.23. The molecule has 0 atom stereocenters. The molecule has 1 aliphatic heterocycles. The third-order valence-electron chi connectivity index (χ3n) is 2.98.